The molecule has 0 radical (unpaired) electrons. The molecule has 0 atom stereocenters. The summed E-state index contributed by atoms with van der Waals surface area (Å²) in [6.45, 7) is 5.81. The summed E-state index contributed by atoms with van der Waals surface area (Å²) in [7, 11) is -4.11. The van der Waals surface area contributed by atoms with E-state index in [2.05, 4.69) is 0 Å². The van der Waals surface area contributed by atoms with E-state index in [0.717, 1.165) is 12.0 Å². The van der Waals surface area contributed by atoms with E-state index in [4.69, 9.17) is 0 Å². The Labute approximate surface area is 97.2 Å². The van der Waals surface area contributed by atoms with Gasteiger partial charge in [0.1, 0.15) is 4.90 Å². The zero-order valence-corrected chi connectivity index (χ0v) is 10.8. The molecular formula is C12H18O3S. The third-order valence-corrected chi connectivity index (χ3v) is 3.77. The summed E-state index contributed by atoms with van der Waals surface area (Å²) >= 11 is 0. The number of rotatable bonds is 4. The second-order valence-electron chi connectivity index (χ2n) is 3.78. The molecule has 3 nitrogen and oxygen atoms in total. The normalized spacial score (nSPS) is 11.8. The fourth-order valence-electron chi connectivity index (χ4n) is 1.89. The molecule has 1 aromatic rings. The van der Waals surface area contributed by atoms with Gasteiger partial charge in [-0.05, 0) is 36.0 Å². The third-order valence-electron chi connectivity index (χ3n) is 2.73. The maximum Gasteiger partial charge on any atom is 0.295 e. The summed E-state index contributed by atoms with van der Waals surface area (Å²) < 4.78 is 31.9. The molecule has 0 spiro atoms. The van der Waals surface area contributed by atoms with Gasteiger partial charge in [0, 0.05) is 0 Å². The van der Waals surface area contributed by atoms with Crippen LogP contribution in [0.5, 0.6) is 0 Å². The Hall–Kier alpha value is -0.870. The molecule has 0 heterocycles. The lowest BCUT2D eigenvalue weighted by molar-refractivity contribution is 0.481. The summed E-state index contributed by atoms with van der Waals surface area (Å²) in [5.41, 5.74) is 2.53. The summed E-state index contributed by atoms with van der Waals surface area (Å²) in [5.74, 6) is 0. The van der Waals surface area contributed by atoms with Gasteiger partial charge in [-0.1, -0.05) is 32.9 Å². The van der Waals surface area contributed by atoms with E-state index in [1.807, 2.05) is 32.9 Å². The zero-order valence-electron chi connectivity index (χ0n) is 9.95. The van der Waals surface area contributed by atoms with Crippen LogP contribution in [0, 0.1) is 0 Å². The standard InChI is InChI=1S/C12H18O3S/c1-4-9-7-10(5-2)12(16(13,14)15)11(6-3)8-9/h7-8H,4-6H2,1-3H3,(H,13,14,15). The Morgan fingerprint density at radius 1 is 1.00 bits per heavy atom. The summed E-state index contributed by atoms with van der Waals surface area (Å²) in [5, 5.41) is 0. The molecule has 1 N–H and O–H groups in total. The molecule has 0 fully saturated rings. The van der Waals surface area contributed by atoms with Crippen LogP contribution in [0.2, 0.25) is 0 Å². The second-order valence-corrected chi connectivity index (χ2v) is 5.14. The number of hydrogen-bond acceptors (Lipinski definition) is 2. The maximum atomic E-state index is 11.3. The highest BCUT2D eigenvalue weighted by Crippen LogP contribution is 2.24. The highest BCUT2D eigenvalue weighted by Gasteiger charge is 2.19. The van der Waals surface area contributed by atoms with Gasteiger partial charge in [0.25, 0.3) is 10.1 Å². The highest BCUT2D eigenvalue weighted by atomic mass is 32.2. The van der Waals surface area contributed by atoms with E-state index < -0.39 is 10.1 Å². The van der Waals surface area contributed by atoms with Gasteiger partial charge >= 0.3 is 0 Å². The highest BCUT2D eigenvalue weighted by molar-refractivity contribution is 7.86. The van der Waals surface area contributed by atoms with Crippen LogP contribution in [0.25, 0.3) is 0 Å². The average Bonchev–Trinajstić information content (AvgIpc) is 2.25. The number of hydrogen-bond donors (Lipinski definition) is 1. The van der Waals surface area contributed by atoms with Crippen LogP contribution in [0.1, 0.15) is 37.5 Å². The summed E-state index contributed by atoms with van der Waals surface area (Å²) in [6.07, 6.45) is 2.08. The van der Waals surface area contributed by atoms with Crippen molar-refractivity contribution in [3.8, 4) is 0 Å². The van der Waals surface area contributed by atoms with E-state index in [-0.39, 0.29) is 4.90 Å². The van der Waals surface area contributed by atoms with E-state index in [0.29, 0.717) is 24.0 Å². The minimum atomic E-state index is -4.11. The predicted octanol–water partition coefficient (Wildman–Crippen LogP) is 2.62. The summed E-state index contributed by atoms with van der Waals surface area (Å²) in [6, 6.07) is 3.73. The largest absolute Gasteiger partial charge is 0.295 e. The van der Waals surface area contributed by atoms with Crippen molar-refractivity contribution in [1.82, 2.24) is 0 Å². The van der Waals surface area contributed by atoms with Crippen molar-refractivity contribution in [3.05, 3.63) is 28.8 Å². The van der Waals surface area contributed by atoms with Crippen molar-refractivity contribution in [3.63, 3.8) is 0 Å². The molecule has 16 heavy (non-hydrogen) atoms. The monoisotopic (exact) mass is 242 g/mol. The van der Waals surface area contributed by atoms with Gasteiger partial charge in [-0.15, -0.1) is 0 Å². The van der Waals surface area contributed by atoms with Crippen LogP contribution in [0.4, 0.5) is 0 Å². The zero-order chi connectivity index (χ0) is 12.3. The SMILES string of the molecule is CCc1cc(CC)c(S(=O)(=O)O)c(CC)c1. The van der Waals surface area contributed by atoms with Crippen molar-refractivity contribution in [2.45, 2.75) is 44.9 Å². The molecule has 90 valence electrons. The van der Waals surface area contributed by atoms with Crippen LogP contribution in [0.15, 0.2) is 17.0 Å². The molecule has 0 saturated heterocycles. The Kier molecular flexibility index (Phi) is 4.10. The maximum absolute atomic E-state index is 11.3. The molecule has 0 aliphatic rings. The first kappa shape index (κ1) is 13.2. The molecule has 0 aliphatic carbocycles. The smallest absolute Gasteiger partial charge is 0.282 e. The topological polar surface area (TPSA) is 54.4 Å². The van der Waals surface area contributed by atoms with Gasteiger partial charge in [-0.3, -0.25) is 4.55 Å². The number of benzene rings is 1. The fraction of sp³-hybridized carbons (Fsp3) is 0.500. The Bertz CT molecular complexity index is 450. The lowest BCUT2D eigenvalue weighted by Gasteiger charge is -2.12. The van der Waals surface area contributed by atoms with Gasteiger partial charge in [0.15, 0.2) is 0 Å². The Morgan fingerprint density at radius 3 is 1.69 bits per heavy atom. The molecule has 0 bridgehead atoms. The van der Waals surface area contributed by atoms with E-state index in [9.17, 15) is 13.0 Å². The molecule has 0 amide bonds. The van der Waals surface area contributed by atoms with Crippen LogP contribution in [-0.2, 0) is 29.4 Å². The van der Waals surface area contributed by atoms with Crippen LogP contribution >= 0.6 is 0 Å². The first-order valence-electron chi connectivity index (χ1n) is 5.56. The van der Waals surface area contributed by atoms with Gasteiger partial charge in [0.2, 0.25) is 0 Å². The lowest BCUT2D eigenvalue weighted by atomic mass is 10.0. The van der Waals surface area contributed by atoms with Crippen molar-refractivity contribution in [2.24, 2.45) is 0 Å². The van der Waals surface area contributed by atoms with Crippen molar-refractivity contribution in [2.75, 3.05) is 0 Å². The van der Waals surface area contributed by atoms with Gasteiger partial charge < -0.3 is 0 Å². The van der Waals surface area contributed by atoms with Crippen molar-refractivity contribution >= 4 is 10.1 Å². The summed E-state index contributed by atoms with van der Waals surface area (Å²) in [4.78, 5) is 0.106. The molecule has 0 aliphatic heterocycles. The van der Waals surface area contributed by atoms with Gasteiger partial charge in [0.05, 0.1) is 0 Å². The first-order chi connectivity index (χ1) is 7.43. The lowest BCUT2D eigenvalue weighted by Crippen LogP contribution is -2.08. The minimum Gasteiger partial charge on any atom is -0.282 e. The van der Waals surface area contributed by atoms with Crippen LogP contribution in [-0.4, -0.2) is 13.0 Å². The fourth-order valence-corrected chi connectivity index (χ4v) is 2.96. The van der Waals surface area contributed by atoms with Crippen LogP contribution in [0.3, 0.4) is 0 Å². The molecule has 4 heteroatoms. The molecule has 0 unspecified atom stereocenters. The Balaban J connectivity index is 3.57. The molecule has 1 rings (SSSR count). The predicted molar refractivity (Wildman–Crippen MR) is 64.4 cm³/mol. The molecular weight excluding hydrogens is 224 g/mol. The van der Waals surface area contributed by atoms with Crippen LogP contribution < -0.4 is 0 Å². The first-order valence-corrected chi connectivity index (χ1v) is 7.00. The molecule has 0 saturated carbocycles. The van der Waals surface area contributed by atoms with Gasteiger partial charge in [-0.2, -0.15) is 8.42 Å². The third kappa shape index (κ3) is 2.62. The Morgan fingerprint density at radius 2 is 1.44 bits per heavy atom. The number of aryl methyl sites for hydroxylation is 3. The second kappa shape index (κ2) is 4.97. The minimum absolute atomic E-state index is 0.106. The van der Waals surface area contributed by atoms with Gasteiger partial charge in [-0.25, -0.2) is 0 Å². The van der Waals surface area contributed by atoms with Crippen molar-refractivity contribution < 1.29 is 13.0 Å². The average molecular weight is 242 g/mol. The molecule has 0 aromatic heterocycles. The quantitative estimate of drug-likeness (QED) is 0.826. The van der Waals surface area contributed by atoms with E-state index >= 15 is 0 Å². The van der Waals surface area contributed by atoms with E-state index in [1.54, 1.807) is 0 Å². The van der Waals surface area contributed by atoms with E-state index in [1.165, 1.54) is 0 Å². The van der Waals surface area contributed by atoms with Crippen molar-refractivity contribution in [1.29, 1.82) is 0 Å². The molecule has 1 aromatic carbocycles.